The molecule has 2 aliphatic carbocycles. The van der Waals surface area contributed by atoms with Gasteiger partial charge in [0.25, 0.3) is 5.91 Å². The molecule has 24 heteroatoms. The van der Waals surface area contributed by atoms with Gasteiger partial charge < -0.3 is 59.9 Å². The Morgan fingerprint density at radius 3 is 1.57 bits per heavy atom. The van der Waals surface area contributed by atoms with Crippen LogP contribution in [0.2, 0.25) is 0 Å². The third-order valence-electron chi connectivity index (χ3n) is 9.99. The summed E-state index contributed by atoms with van der Waals surface area (Å²) in [7, 11) is 7.36. The van der Waals surface area contributed by atoms with Crippen LogP contribution in [0.1, 0.15) is 105 Å². The number of aryl methyl sites for hydroxylation is 2. The van der Waals surface area contributed by atoms with Gasteiger partial charge in [0.05, 0.1) is 11.1 Å². The molecule has 3 amide bonds. The molecule has 6 N–H and O–H groups in total. The summed E-state index contributed by atoms with van der Waals surface area (Å²) >= 11 is 0. The first-order valence-electron chi connectivity index (χ1n) is 20.7. The largest absolute Gasteiger partial charge is 1.00 e. The lowest BCUT2D eigenvalue weighted by Crippen LogP contribution is -3.00. The molecule has 2 saturated carbocycles. The summed E-state index contributed by atoms with van der Waals surface area (Å²) in [4.78, 5) is 55.8. The van der Waals surface area contributed by atoms with Crippen molar-refractivity contribution >= 4 is 77.3 Å². The number of benzene rings is 2. The Hall–Kier alpha value is -5.98. The van der Waals surface area contributed by atoms with Gasteiger partial charge in [-0.25, -0.2) is 27.8 Å². The maximum Gasteiger partial charge on any atom is 0.338 e. The number of aromatic carboxylic acids is 1. The fraction of sp³-hybridized carbons (Fsp3) is 0.333. The minimum Gasteiger partial charge on any atom is -1.00 e. The predicted octanol–water partition coefficient (Wildman–Crippen LogP) is 6.34. The Kier molecular flexibility index (Phi) is 21.7. The number of hydrogen-bond acceptors (Lipinski definition) is 12. The molecule has 4 aromatic heterocycles. The van der Waals surface area contributed by atoms with Gasteiger partial charge in [0.1, 0.15) is 47.3 Å². The SMILES string of the molecule is C.CC(C)n1cnnc1-c1cccc(N)n1.Cc1cc(F)c(C(=O)Nc2cccc(-c3nncn3C(C)C)n2)cc1NC(=O)C1CC1.Cc1cc(F)c(C(=O)O)cc1NC(=O)C1CC1.O=S(Cl)Cl.[I-]. The van der Waals surface area contributed by atoms with Gasteiger partial charge in [0.2, 0.25) is 21.0 Å². The van der Waals surface area contributed by atoms with Crippen LogP contribution in [0.5, 0.6) is 0 Å². The Morgan fingerprint density at radius 2 is 1.14 bits per heavy atom. The number of carboxylic acids is 1. The second kappa shape index (κ2) is 26.1. The summed E-state index contributed by atoms with van der Waals surface area (Å²) in [5.74, 6) is -1.62. The number of pyridine rings is 2. The van der Waals surface area contributed by atoms with E-state index in [4.69, 9.17) is 15.0 Å². The fourth-order valence-corrected chi connectivity index (χ4v) is 6.11. The number of carboxylic acid groups (broad SMARTS) is 1. The second-order valence-electron chi connectivity index (χ2n) is 15.9. The normalized spacial score (nSPS) is 12.4. The van der Waals surface area contributed by atoms with Crippen LogP contribution in [-0.2, 0) is 18.8 Å². The molecule has 370 valence electrons. The number of nitrogens with two attached hydrogens (primary N) is 1. The van der Waals surface area contributed by atoms with E-state index in [1.54, 1.807) is 50.8 Å². The van der Waals surface area contributed by atoms with Crippen LogP contribution in [0, 0.1) is 37.3 Å². The molecule has 0 aliphatic heterocycles. The number of hydrogen-bond donors (Lipinski definition) is 5. The molecule has 2 fully saturated rings. The number of nitrogen functional groups attached to an aromatic ring is 1. The average Bonchev–Trinajstić information content (AvgIpc) is 4.19. The number of anilines is 4. The Balaban J connectivity index is 0.000000281. The molecule has 8 rings (SSSR count). The molecule has 6 aromatic rings. The zero-order chi connectivity index (χ0) is 49.1. The number of nitrogens with one attached hydrogen (secondary N) is 3. The van der Waals surface area contributed by atoms with Crippen LogP contribution >= 0.6 is 21.4 Å². The zero-order valence-corrected chi connectivity index (χ0v) is 42.0. The molecule has 0 atom stereocenters. The van der Waals surface area contributed by atoms with E-state index >= 15 is 0 Å². The first-order valence-corrected chi connectivity index (χ1v) is 23.5. The topological polar surface area (TPSA) is 255 Å². The molecule has 2 aliphatic rings. The number of halogens is 5. The van der Waals surface area contributed by atoms with E-state index in [0.29, 0.717) is 45.9 Å². The molecule has 18 nitrogen and oxygen atoms in total. The Bertz CT molecular complexity index is 2790. The first-order chi connectivity index (χ1) is 31.7. The number of carbonyl (C=O) groups excluding carboxylic acids is 3. The summed E-state index contributed by atoms with van der Waals surface area (Å²) in [6.07, 6.45) is 6.74. The average molecular weight is 1120 g/mol. The van der Waals surface area contributed by atoms with Gasteiger partial charge in [-0.05, 0) is 127 Å². The van der Waals surface area contributed by atoms with Crippen LogP contribution in [0.15, 0.2) is 73.3 Å². The van der Waals surface area contributed by atoms with Crippen molar-refractivity contribution in [2.75, 3.05) is 21.7 Å². The number of nitrogens with zero attached hydrogens (tertiary/aromatic N) is 8. The van der Waals surface area contributed by atoms with Gasteiger partial charge >= 0.3 is 5.97 Å². The van der Waals surface area contributed by atoms with Crippen molar-refractivity contribution in [3.05, 3.63) is 107 Å². The maximum atomic E-state index is 14.5. The standard InChI is InChI=1S/C22H23FN6O2.C12H12FNO3.C10H13N5.CH4.Cl2OS.HI/c1-12(2)29-11-24-28-20(29)17-5-4-6-19(25-17)27-22(31)15-10-18(13(3)9-16(15)23)26-21(30)14-7-8-14;1-6-4-9(13)8(12(16)17)5-10(6)14-11(15)7-2-3-7;1-7(2)15-6-12-14-10(15)8-4-3-5-9(11)13-8;;1-4(2)3;/h4-6,9-12,14H,7-8H2,1-3H3,(H,26,30)(H,25,27,31);4-5,7H,2-3H2,1H3,(H,14,15)(H,16,17);3-7H,1-2H3,(H2,11,13);1H4;;1H/p-1. The molecule has 0 bridgehead atoms. The van der Waals surface area contributed by atoms with Gasteiger partial charge in [-0.15, -0.1) is 20.4 Å². The highest BCUT2D eigenvalue weighted by atomic mass is 127. The van der Waals surface area contributed by atoms with Gasteiger partial charge in [-0.2, -0.15) is 0 Å². The summed E-state index contributed by atoms with van der Waals surface area (Å²) in [5, 5.41) is 32.8. The third-order valence-corrected chi connectivity index (χ3v) is 9.99. The molecule has 4 heterocycles. The minimum absolute atomic E-state index is 0. The van der Waals surface area contributed by atoms with Crippen LogP contribution in [-0.4, -0.2) is 72.5 Å². The summed E-state index contributed by atoms with van der Waals surface area (Å²) in [6.45, 7) is 11.4. The molecular weight excluding hydrogens is 1070 g/mol. The van der Waals surface area contributed by atoms with E-state index in [1.165, 1.54) is 12.1 Å². The molecule has 69 heavy (non-hydrogen) atoms. The zero-order valence-electron chi connectivity index (χ0n) is 37.5. The second-order valence-corrected chi connectivity index (χ2v) is 18.5. The lowest BCUT2D eigenvalue weighted by molar-refractivity contribution is -0.118. The van der Waals surface area contributed by atoms with Crippen molar-refractivity contribution in [3.63, 3.8) is 0 Å². The highest BCUT2D eigenvalue weighted by molar-refractivity contribution is 8.26. The molecule has 2 aromatic carbocycles. The highest BCUT2D eigenvalue weighted by Crippen LogP contribution is 2.32. The monoisotopic (exact) mass is 1120 g/mol. The lowest BCUT2D eigenvalue weighted by atomic mass is 10.1. The van der Waals surface area contributed by atoms with Crippen molar-refractivity contribution < 1.29 is 61.3 Å². The number of amides is 3. The van der Waals surface area contributed by atoms with E-state index in [9.17, 15) is 28.0 Å². The molecule has 0 saturated heterocycles. The highest BCUT2D eigenvalue weighted by Gasteiger charge is 2.31. The number of carbonyl (C=O) groups is 4. The molecular formula is C45H52Cl2F2IN12O6S-. The van der Waals surface area contributed by atoms with Gasteiger partial charge in [-0.3, -0.25) is 14.4 Å². The van der Waals surface area contributed by atoms with E-state index in [0.717, 1.165) is 49.3 Å². The van der Waals surface area contributed by atoms with Crippen molar-refractivity contribution in [2.45, 2.75) is 86.7 Å². The van der Waals surface area contributed by atoms with E-state index < -0.39 is 38.3 Å². The third kappa shape index (κ3) is 16.6. The van der Waals surface area contributed by atoms with Crippen molar-refractivity contribution in [3.8, 4) is 23.0 Å². The first kappa shape index (κ1) is 57.3. The lowest BCUT2D eigenvalue weighted by Gasteiger charge is -2.13. The fourth-order valence-electron chi connectivity index (χ4n) is 6.11. The summed E-state index contributed by atoms with van der Waals surface area (Å²) < 4.78 is 40.7. The summed E-state index contributed by atoms with van der Waals surface area (Å²) in [6, 6.07) is 15.9. The van der Waals surface area contributed by atoms with Crippen molar-refractivity contribution in [2.24, 2.45) is 11.8 Å². The maximum absolute atomic E-state index is 14.5. The van der Waals surface area contributed by atoms with E-state index in [2.05, 4.69) is 81.5 Å². The van der Waals surface area contributed by atoms with Crippen LogP contribution in [0.4, 0.5) is 31.8 Å². The van der Waals surface area contributed by atoms with Crippen LogP contribution in [0.3, 0.4) is 0 Å². The quantitative estimate of drug-likeness (QED) is 0.0703. The van der Waals surface area contributed by atoms with E-state index in [1.807, 2.05) is 35.1 Å². The Labute approximate surface area is 426 Å². The smallest absolute Gasteiger partial charge is 0.338 e. The van der Waals surface area contributed by atoms with Crippen LogP contribution in [0.25, 0.3) is 23.0 Å². The molecule has 0 unspecified atom stereocenters. The minimum atomic E-state index is -1.67. The van der Waals surface area contributed by atoms with Gasteiger partial charge in [0.15, 0.2) is 11.6 Å². The van der Waals surface area contributed by atoms with Gasteiger partial charge in [-0.1, -0.05) is 19.6 Å². The predicted molar refractivity (Wildman–Crippen MR) is 258 cm³/mol. The summed E-state index contributed by atoms with van der Waals surface area (Å²) in [5.41, 5.74) is 8.16. The van der Waals surface area contributed by atoms with Gasteiger partial charge in [0, 0.05) is 56.7 Å². The molecule has 0 spiro atoms. The Morgan fingerprint density at radius 1 is 0.725 bits per heavy atom. The number of aromatic nitrogens is 8. The van der Waals surface area contributed by atoms with Crippen molar-refractivity contribution in [1.29, 1.82) is 0 Å². The number of rotatable bonds is 11. The molecule has 0 radical (unpaired) electrons. The van der Waals surface area contributed by atoms with Crippen molar-refractivity contribution in [1.82, 2.24) is 39.5 Å². The van der Waals surface area contributed by atoms with Crippen LogP contribution < -0.4 is 45.7 Å². The van der Waals surface area contributed by atoms with E-state index in [-0.39, 0.29) is 72.5 Å².